The maximum Gasteiger partial charge on any atom is 0.135 e. The van der Waals surface area contributed by atoms with Crippen LogP contribution >= 0.6 is 0 Å². The Bertz CT molecular complexity index is 895. The Kier molecular flexibility index (Phi) is 5.10. The van der Waals surface area contributed by atoms with Gasteiger partial charge in [0, 0.05) is 17.0 Å². The minimum absolute atomic E-state index is 0.0483. The van der Waals surface area contributed by atoms with Crippen molar-refractivity contribution in [2.75, 3.05) is 7.11 Å². The van der Waals surface area contributed by atoms with Crippen LogP contribution in [0.15, 0.2) is 46.9 Å². The molecule has 0 saturated heterocycles. The molecule has 130 valence electrons. The number of ether oxygens (including phenoxy) is 1. The van der Waals surface area contributed by atoms with E-state index in [1.54, 1.807) is 25.3 Å². The van der Waals surface area contributed by atoms with E-state index in [0.717, 1.165) is 40.0 Å². The van der Waals surface area contributed by atoms with Gasteiger partial charge in [0.25, 0.3) is 0 Å². The Hall–Kier alpha value is -2.72. The molecule has 0 aliphatic rings. The van der Waals surface area contributed by atoms with Gasteiger partial charge in [-0.25, -0.2) is 0 Å². The van der Waals surface area contributed by atoms with Crippen molar-refractivity contribution in [2.24, 2.45) is 5.73 Å². The maximum atomic E-state index is 9.82. The highest BCUT2D eigenvalue weighted by Gasteiger charge is 2.15. The van der Waals surface area contributed by atoms with Crippen LogP contribution in [0.3, 0.4) is 0 Å². The Balaban J connectivity index is 2.01. The molecule has 4 nitrogen and oxygen atoms in total. The number of hydrogen-bond donors (Lipinski definition) is 2. The summed E-state index contributed by atoms with van der Waals surface area (Å²) < 4.78 is 11.3. The van der Waals surface area contributed by atoms with E-state index < -0.39 is 0 Å². The normalized spacial score (nSPS) is 12.8. The zero-order valence-electron chi connectivity index (χ0n) is 14.5. The Morgan fingerprint density at radius 2 is 2.04 bits per heavy atom. The highest BCUT2D eigenvalue weighted by molar-refractivity contribution is 5.87. The molecule has 0 fully saturated rings. The second-order valence-corrected chi connectivity index (χ2v) is 6.11. The van der Waals surface area contributed by atoms with Gasteiger partial charge in [0.2, 0.25) is 0 Å². The topological polar surface area (TPSA) is 68.6 Å². The summed E-state index contributed by atoms with van der Waals surface area (Å²) in [5.74, 6) is 1.81. The second-order valence-electron chi connectivity index (χ2n) is 6.11. The van der Waals surface area contributed by atoms with E-state index in [-0.39, 0.29) is 11.8 Å². The van der Waals surface area contributed by atoms with Crippen LogP contribution in [0.4, 0.5) is 0 Å². The Labute approximate surface area is 147 Å². The lowest BCUT2D eigenvalue weighted by atomic mass is 10.0. The minimum Gasteiger partial charge on any atom is -0.508 e. The molecule has 0 radical (unpaired) electrons. The van der Waals surface area contributed by atoms with Crippen LogP contribution in [0.25, 0.3) is 23.1 Å². The molecule has 25 heavy (non-hydrogen) atoms. The molecule has 3 aromatic rings. The van der Waals surface area contributed by atoms with Crippen molar-refractivity contribution in [3.8, 4) is 11.5 Å². The molecule has 0 spiro atoms. The van der Waals surface area contributed by atoms with Crippen molar-refractivity contribution < 1.29 is 14.3 Å². The number of benzene rings is 2. The summed E-state index contributed by atoms with van der Waals surface area (Å²) in [5.41, 5.74) is 8.96. The van der Waals surface area contributed by atoms with Crippen LogP contribution in [-0.2, 0) is 6.42 Å². The number of rotatable bonds is 6. The fourth-order valence-electron chi connectivity index (χ4n) is 2.82. The molecule has 2 aromatic carbocycles. The molecular formula is C21H23NO3. The molecule has 0 amide bonds. The first-order chi connectivity index (χ1) is 12.1. The van der Waals surface area contributed by atoms with Crippen molar-refractivity contribution in [1.82, 2.24) is 0 Å². The number of fused-ring (bicyclic) bond motifs is 1. The van der Waals surface area contributed by atoms with E-state index in [9.17, 15) is 5.11 Å². The van der Waals surface area contributed by atoms with Gasteiger partial charge in [0.15, 0.2) is 0 Å². The summed E-state index contributed by atoms with van der Waals surface area (Å²) in [6.07, 6.45) is 5.51. The predicted octanol–water partition coefficient (Wildman–Crippen LogP) is 4.60. The Morgan fingerprint density at radius 1 is 1.20 bits per heavy atom. The molecule has 0 saturated carbocycles. The quantitative estimate of drug-likeness (QED) is 0.690. The van der Waals surface area contributed by atoms with Crippen molar-refractivity contribution in [3.05, 3.63) is 59.4 Å². The van der Waals surface area contributed by atoms with Gasteiger partial charge in [0.1, 0.15) is 22.8 Å². The predicted molar refractivity (Wildman–Crippen MR) is 102 cm³/mol. The summed E-state index contributed by atoms with van der Waals surface area (Å²) in [4.78, 5) is 0. The number of methoxy groups -OCH3 is 1. The van der Waals surface area contributed by atoms with Gasteiger partial charge >= 0.3 is 0 Å². The average molecular weight is 337 g/mol. The fraction of sp³-hybridized carbons (Fsp3) is 0.238. The third kappa shape index (κ3) is 3.86. The van der Waals surface area contributed by atoms with E-state index in [2.05, 4.69) is 6.92 Å². The van der Waals surface area contributed by atoms with Gasteiger partial charge < -0.3 is 20.0 Å². The van der Waals surface area contributed by atoms with Crippen molar-refractivity contribution in [1.29, 1.82) is 0 Å². The van der Waals surface area contributed by atoms with Crippen LogP contribution in [0.2, 0.25) is 0 Å². The van der Waals surface area contributed by atoms with Gasteiger partial charge in [-0.05, 0) is 54.8 Å². The largest absolute Gasteiger partial charge is 0.508 e. The number of nitrogens with two attached hydrogens (primary N) is 1. The number of furan rings is 1. The second kappa shape index (κ2) is 7.45. The van der Waals surface area contributed by atoms with Gasteiger partial charge in [0.05, 0.1) is 7.11 Å². The monoisotopic (exact) mass is 337 g/mol. The van der Waals surface area contributed by atoms with Gasteiger partial charge in [-0.15, -0.1) is 0 Å². The molecule has 0 bridgehead atoms. The summed E-state index contributed by atoms with van der Waals surface area (Å²) in [6, 6.07) is 13.0. The zero-order chi connectivity index (χ0) is 17.8. The van der Waals surface area contributed by atoms with E-state index in [4.69, 9.17) is 14.9 Å². The van der Waals surface area contributed by atoms with E-state index in [1.165, 1.54) is 0 Å². The summed E-state index contributed by atoms with van der Waals surface area (Å²) in [6.45, 7) is 2.07. The fourth-order valence-corrected chi connectivity index (χ4v) is 2.82. The SMILES string of the molecule is CCC(N)Cc1c(/C=C/c2cccc(OC)c2)oc2ccc(O)cc12. The molecule has 1 aromatic heterocycles. The number of hydrogen-bond acceptors (Lipinski definition) is 4. The molecule has 3 N–H and O–H groups in total. The highest BCUT2D eigenvalue weighted by Crippen LogP contribution is 2.31. The number of phenols is 1. The summed E-state index contributed by atoms with van der Waals surface area (Å²) in [5, 5.41) is 10.7. The lowest BCUT2D eigenvalue weighted by Gasteiger charge is -2.08. The first-order valence-corrected chi connectivity index (χ1v) is 8.42. The third-order valence-corrected chi connectivity index (χ3v) is 4.32. The van der Waals surface area contributed by atoms with Gasteiger partial charge in [-0.1, -0.05) is 25.1 Å². The first kappa shape index (κ1) is 17.1. The first-order valence-electron chi connectivity index (χ1n) is 8.42. The zero-order valence-corrected chi connectivity index (χ0v) is 14.5. The molecule has 1 unspecified atom stereocenters. The smallest absolute Gasteiger partial charge is 0.135 e. The van der Waals surface area contributed by atoms with Crippen LogP contribution in [-0.4, -0.2) is 18.3 Å². The molecular weight excluding hydrogens is 314 g/mol. The van der Waals surface area contributed by atoms with E-state index in [1.807, 2.05) is 36.4 Å². The summed E-state index contributed by atoms with van der Waals surface area (Å²) >= 11 is 0. The van der Waals surface area contributed by atoms with Crippen LogP contribution in [0, 0.1) is 0 Å². The lowest BCUT2D eigenvalue weighted by molar-refractivity contribution is 0.414. The molecule has 0 aliphatic heterocycles. The van der Waals surface area contributed by atoms with Crippen molar-refractivity contribution >= 4 is 23.1 Å². The van der Waals surface area contributed by atoms with E-state index >= 15 is 0 Å². The van der Waals surface area contributed by atoms with Gasteiger partial charge in [-0.3, -0.25) is 0 Å². The molecule has 4 heteroatoms. The third-order valence-electron chi connectivity index (χ3n) is 4.32. The Morgan fingerprint density at radius 3 is 2.80 bits per heavy atom. The molecule has 0 aliphatic carbocycles. The van der Waals surface area contributed by atoms with Crippen LogP contribution in [0.5, 0.6) is 11.5 Å². The summed E-state index contributed by atoms with van der Waals surface area (Å²) in [7, 11) is 1.65. The standard InChI is InChI=1S/C21H23NO3/c1-3-15(22)12-18-19-13-16(23)8-10-21(19)25-20(18)9-7-14-5-4-6-17(11-14)24-2/h4-11,13,15,23H,3,12,22H2,1-2H3/b9-7+. The van der Waals surface area contributed by atoms with E-state index in [0.29, 0.717) is 6.42 Å². The lowest BCUT2D eigenvalue weighted by Crippen LogP contribution is -2.21. The number of phenolic OH excluding ortho intramolecular Hbond substituents is 1. The van der Waals surface area contributed by atoms with Crippen molar-refractivity contribution in [3.63, 3.8) is 0 Å². The minimum atomic E-state index is 0.0483. The van der Waals surface area contributed by atoms with Crippen LogP contribution < -0.4 is 10.5 Å². The molecule has 1 atom stereocenters. The van der Waals surface area contributed by atoms with Crippen LogP contribution in [0.1, 0.15) is 30.2 Å². The van der Waals surface area contributed by atoms with Crippen molar-refractivity contribution in [2.45, 2.75) is 25.8 Å². The number of aromatic hydroxyl groups is 1. The molecule has 3 rings (SSSR count). The highest BCUT2D eigenvalue weighted by atomic mass is 16.5. The molecule has 1 heterocycles. The maximum absolute atomic E-state index is 9.82. The average Bonchev–Trinajstić information content (AvgIpc) is 2.97. The van der Waals surface area contributed by atoms with Gasteiger partial charge in [-0.2, -0.15) is 0 Å².